The zero-order valence-corrected chi connectivity index (χ0v) is 25.2. The first-order chi connectivity index (χ1) is 22.8. The lowest BCUT2D eigenvalue weighted by Crippen LogP contribution is -1.90. The summed E-state index contributed by atoms with van der Waals surface area (Å²) in [5, 5.41) is 2.33. The monoisotopic (exact) mass is 586 g/mol. The number of aromatic nitrogens is 2. The minimum Gasteiger partial charge on any atom is -0.248 e. The van der Waals surface area contributed by atoms with Crippen LogP contribution in [0.2, 0.25) is 0 Å². The molecule has 0 saturated carbocycles. The average Bonchev–Trinajstić information content (AvgIpc) is 3.14. The summed E-state index contributed by atoms with van der Waals surface area (Å²) in [6, 6.07) is 59.5. The summed E-state index contributed by atoms with van der Waals surface area (Å²) in [5.74, 6) is 0. The van der Waals surface area contributed by atoms with Crippen LogP contribution < -0.4 is 0 Å². The molecule has 0 saturated heterocycles. The van der Waals surface area contributed by atoms with Gasteiger partial charge in [-0.1, -0.05) is 158 Å². The predicted molar refractivity (Wildman–Crippen MR) is 194 cm³/mol. The van der Waals surface area contributed by atoms with Gasteiger partial charge in [-0.3, -0.25) is 0 Å². The van der Waals surface area contributed by atoms with Gasteiger partial charge in [-0.15, -0.1) is 0 Å². The summed E-state index contributed by atoms with van der Waals surface area (Å²) in [5.41, 5.74) is 13.2. The summed E-state index contributed by atoms with van der Waals surface area (Å²) in [7, 11) is 0. The Kier molecular flexibility index (Phi) is 7.22. The summed E-state index contributed by atoms with van der Waals surface area (Å²) in [6.45, 7) is 0. The summed E-state index contributed by atoms with van der Waals surface area (Å²) in [4.78, 5) is 10.0. The largest absolute Gasteiger partial charge is 0.248 e. The quantitative estimate of drug-likeness (QED) is 0.181. The molecule has 0 aliphatic rings. The van der Waals surface area contributed by atoms with Crippen LogP contribution in [0.3, 0.4) is 0 Å². The van der Waals surface area contributed by atoms with Gasteiger partial charge in [0.1, 0.15) is 0 Å². The lowest BCUT2D eigenvalue weighted by atomic mass is 9.98. The van der Waals surface area contributed by atoms with Crippen LogP contribution in [0, 0.1) is 0 Å². The van der Waals surface area contributed by atoms with Crippen LogP contribution >= 0.6 is 0 Å². The number of fused-ring (bicyclic) bond motifs is 2. The molecule has 0 fully saturated rings. The van der Waals surface area contributed by atoms with Crippen LogP contribution in [0.1, 0.15) is 11.1 Å². The van der Waals surface area contributed by atoms with Crippen LogP contribution in [0.25, 0.3) is 78.7 Å². The number of hydrogen-bond acceptors (Lipinski definition) is 2. The number of benzene rings is 6. The first-order valence-electron chi connectivity index (χ1n) is 15.6. The van der Waals surface area contributed by atoms with E-state index in [1.807, 2.05) is 0 Å². The molecule has 0 N–H and O–H groups in total. The fourth-order valence-electron chi connectivity index (χ4n) is 6.08. The predicted octanol–water partition coefficient (Wildman–Crippen LogP) is 11.6. The first-order valence-corrected chi connectivity index (χ1v) is 15.6. The molecule has 2 heteroatoms. The van der Waals surface area contributed by atoms with E-state index in [0.717, 1.165) is 55.4 Å². The Morgan fingerprint density at radius 1 is 0.326 bits per heavy atom. The second-order valence-corrected chi connectivity index (χ2v) is 11.5. The van der Waals surface area contributed by atoms with Crippen molar-refractivity contribution in [1.29, 1.82) is 0 Å². The van der Waals surface area contributed by atoms with E-state index >= 15 is 0 Å². The van der Waals surface area contributed by atoms with E-state index < -0.39 is 0 Å². The zero-order valence-electron chi connectivity index (χ0n) is 25.2. The fraction of sp³-hybridized carbons (Fsp3) is 0. The molecule has 8 rings (SSSR count). The minimum absolute atomic E-state index is 0.974. The van der Waals surface area contributed by atoms with Gasteiger partial charge >= 0.3 is 0 Å². The molecule has 2 aromatic heterocycles. The van der Waals surface area contributed by atoms with Gasteiger partial charge in [-0.05, 0) is 57.6 Å². The van der Waals surface area contributed by atoms with E-state index in [2.05, 4.69) is 182 Å². The van der Waals surface area contributed by atoms with Crippen LogP contribution in [-0.2, 0) is 0 Å². The zero-order chi connectivity index (χ0) is 30.7. The lowest BCUT2D eigenvalue weighted by Gasteiger charge is -2.11. The Balaban J connectivity index is 1.05. The highest BCUT2D eigenvalue weighted by Crippen LogP contribution is 2.34. The van der Waals surface area contributed by atoms with Crippen molar-refractivity contribution in [2.45, 2.75) is 0 Å². The Morgan fingerprint density at radius 3 is 1.11 bits per heavy atom. The van der Waals surface area contributed by atoms with E-state index in [4.69, 9.17) is 9.97 Å². The molecule has 0 aliphatic carbocycles. The maximum Gasteiger partial charge on any atom is 0.0715 e. The molecule has 216 valence electrons. The third kappa shape index (κ3) is 5.49. The molecule has 0 spiro atoms. The van der Waals surface area contributed by atoms with Crippen molar-refractivity contribution in [1.82, 2.24) is 9.97 Å². The molecule has 0 amide bonds. The molecule has 2 heterocycles. The van der Waals surface area contributed by atoms with Crippen LogP contribution in [-0.4, -0.2) is 9.97 Å². The highest BCUT2D eigenvalue weighted by molar-refractivity contribution is 5.98. The fourth-order valence-corrected chi connectivity index (χ4v) is 6.08. The summed E-state index contributed by atoms with van der Waals surface area (Å²) >= 11 is 0. The van der Waals surface area contributed by atoms with Gasteiger partial charge in [-0.2, -0.15) is 0 Å². The van der Waals surface area contributed by atoms with Crippen LogP contribution in [0.5, 0.6) is 0 Å². The van der Waals surface area contributed by atoms with E-state index in [1.165, 1.54) is 22.3 Å². The van der Waals surface area contributed by atoms with E-state index in [0.29, 0.717) is 0 Å². The second-order valence-electron chi connectivity index (χ2n) is 11.5. The van der Waals surface area contributed by atoms with Crippen molar-refractivity contribution < 1.29 is 0 Å². The molecule has 0 atom stereocenters. The summed E-state index contributed by atoms with van der Waals surface area (Å²) < 4.78 is 0. The van der Waals surface area contributed by atoms with Gasteiger partial charge in [0, 0.05) is 21.9 Å². The summed E-state index contributed by atoms with van der Waals surface area (Å²) in [6.07, 6.45) is 4.31. The molecule has 6 aromatic carbocycles. The molecule has 8 aromatic rings. The highest BCUT2D eigenvalue weighted by atomic mass is 14.7. The van der Waals surface area contributed by atoms with Gasteiger partial charge in [0.2, 0.25) is 0 Å². The smallest absolute Gasteiger partial charge is 0.0715 e. The Labute approximate surface area is 269 Å². The van der Waals surface area contributed by atoms with E-state index in [9.17, 15) is 0 Å². The standard InChI is InChI=1S/C44H30N2/c1-3-11-33(12-4-1)39-29-43(45-41-17-9-7-15-37(39)41)35-25-21-31(22-26-35)19-20-32-23-27-36(28-24-32)44-30-40(34-13-5-2-6-14-34)38-16-8-10-18-42(38)46-44/h1-30H/b20-19+. The maximum atomic E-state index is 5.00. The van der Waals surface area contributed by atoms with Crippen molar-refractivity contribution in [3.8, 4) is 44.8 Å². The average molecular weight is 587 g/mol. The van der Waals surface area contributed by atoms with Crippen molar-refractivity contribution >= 4 is 34.0 Å². The topological polar surface area (TPSA) is 25.8 Å². The SMILES string of the molecule is C(=C\c1ccc(-c2cc(-c3ccccc3)c3ccccc3n2)cc1)/c1ccc(-c2cc(-c3ccccc3)c3ccccc3n2)cc1. The number of nitrogens with zero attached hydrogens (tertiary/aromatic N) is 2. The number of hydrogen-bond donors (Lipinski definition) is 0. The second kappa shape index (κ2) is 12.1. The van der Waals surface area contributed by atoms with Crippen LogP contribution in [0.4, 0.5) is 0 Å². The normalized spacial score (nSPS) is 11.4. The van der Waals surface area contributed by atoms with Crippen molar-refractivity contribution in [3.05, 3.63) is 181 Å². The Morgan fingerprint density at radius 2 is 0.696 bits per heavy atom. The van der Waals surface area contributed by atoms with Crippen molar-refractivity contribution in [3.63, 3.8) is 0 Å². The third-order valence-corrected chi connectivity index (χ3v) is 8.48. The van der Waals surface area contributed by atoms with Crippen LogP contribution in [0.15, 0.2) is 170 Å². The number of para-hydroxylation sites is 2. The number of pyridine rings is 2. The van der Waals surface area contributed by atoms with Crippen molar-refractivity contribution in [2.75, 3.05) is 0 Å². The van der Waals surface area contributed by atoms with Gasteiger partial charge in [0.15, 0.2) is 0 Å². The molecular weight excluding hydrogens is 556 g/mol. The molecule has 0 bridgehead atoms. The van der Waals surface area contributed by atoms with Gasteiger partial charge in [-0.25, -0.2) is 9.97 Å². The van der Waals surface area contributed by atoms with E-state index in [1.54, 1.807) is 0 Å². The van der Waals surface area contributed by atoms with Crippen molar-refractivity contribution in [2.24, 2.45) is 0 Å². The van der Waals surface area contributed by atoms with Gasteiger partial charge in [0.25, 0.3) is 0 Å². The third-order valence-electron chi connectivity index (χ3n) is 8.48. The van der Waals surface area contributed by atoms with Gasteiger partial charge in [0.05, 0.1) is 22.4 Å². The number of rotatable bonds is 6. The molecule has 0 aliphatic heterocycles. The van der Waals surface area contributed by atoms with E-state index in [-0.39, 0.29) is 0 Å². The Bertz CT molecular complexity index is 2150. The van der Waals surface area contributed by atoms with Gasteiger partial charge < -0.3 is 0 Å². The molecule has 2 nitrogen and oxygen atoms in total. The molecule has 0 unspecified atom stereocenters. The minimum atomic E-state index is 0.974. The highest BCUT2D eigenvalue weighted by Gasteiger charge is 2.11. The Hall–Kier alpha value is -6.12. The molecule has 46 heavy (non-hydrogen) atoms. The molecule has 0 radical (unpaired) electrons. The first kappa shape index (κ1) is 27.4. The molecular formula is C44H30N2. The lowest BCUT2D eigenvalue weighted by molar-refractivity contribution is 1.39. The maximum absolute atomic E-state index is 5.00.